The first-order valence-electron chi connectivity index (χ1n) is 8.53. The molecule has 3 aromatic heterocycles. The fourth-order valence-corrected chi connectivity index (χ4v) is 2.90. The Morgan fingerprint density at radius 1 is 1.07 bits per heavy atom. The molecule has 0 aliphatic rings. The molecule has 0 fully saturated rings. The van der Waals surface area contributed by atoms with E-state index in [-0.39, 0.29) is 5.91 Å². The fraction of sp³-hybridized carbons (Fsp3) is 0.105. The number of hydrogen-bond acceptors (Lipinski definition) is 3. The van der Waals surface area contributed by atoms with Gasteiger partial charge < -0.3 is 14.7 Å². The molecule has 0 radical (unpaired) electrons. The zero-order chi connectivity index (χ0) is 18.6. The van der Waals surface area contributed by atoms with Crippen molar-refractivity contribution in [2.24, 2.45) is 0 Å². The topological polar surface area (TPSA) is 103 Å². The summed E-state index contributed by atoms with van der Waals surface area (Å²) in [6, 6.07) is 12.8. The van der Waals surface area contributed by atoms with Crippen LogP contribution in [0.1, 0.15) is 16.1 Å². The second-order valence-electron chi connectivity index (χ2n) is 6.03. The van der Waals surface area contributed by atoms with E-state index in [0.717, 1.165) is 22.2 Å². The van der Waals surface area contributed by atoms with Crippen LogP contribution in [-0.2, 0) is 6.42 Å². The minimum absolute atomic E-state index is 0.386. The van der Waals surface area contributed by atoms with Gasteiger partial charge in [-0.1, -0.05) is 24.3 Å². The van der Waals surface area contributed by atoms with Crippen molar-refractivity contribution in [2.45, 2.75) is 6.42 Å². The second-order valence-corrected chi connectivity index (χ2v) is 6.03. The quantitative estimate of drug-likeness (QED) is 0.418. The number of nitrogens with one attached hydrogen (secondary N) is 4. The van der Waals surface area contributed by atoms with E-state index in [9.17, 15) is 9.59 Å². The minimum Gasteiger partial charge on any atom is -0.360 e. The van der Waals surface area contributed by atoms with Crippen LogP contribution in [-0.4, -0.2) is 32.9 Å². The van der Waals surface area contributed by atoms with Crippen LogP contribution in [0.5, 0.6) is 0 Å². The Kier molecular flexibility index (Phi) is 4.44. The molecule has 8 heteroatoms. The number of rotatable bonds is 4. The number of para-hydroxylation sites is 1. The third kappa shape index (κ3) is 3.59. The molecule has 4 N–H and O–H groups in total. The number of imidazole rings is 1. The van der Waals surface area contributed by atoms with E-state index in [1.807, 2.05) is 59.3 Å². The summed E-state index contributed by atoms with van der Waals surface area (Å²) in [5, 5.41) is 3.49. The van der Waals surface area contributed by atoms with Crippen molar-refractivity contribution in [3.05, 3.63) is 72.3 Å². The summed E-state index contributed by atoms with van der Waals surface area (Å²) in [5.41, 5.74) is 7.84. The van der Waals surface area contributed by atoms with Gasteiger partial charge in [0.05, 0.1) is 11.3 Å². The Hall–Kier alpha value is -3.81. The molecule has 0 aliphatic carbocycles. The summed E-state index contributed by atoms with van der Waals surface area (Å²) in [7, 11) is 0. The van der Waals surface area contributed by atoms with E-state index < -0.39 is 6.03 Å². The highest BCUT2D eigenvalue weighted by atomic mass is 16.2. The second kappa shape index (κ2) is 7.20. The molecule has 0 atom stereocenters. The van der Waals surface area contributed by atoms with E-state index in [1.54, 1.807) is 6.20 Å². The molecule has 136 valence electrons. The normalized spacial score (nSPS) is 10.8. The number of hydrogen-bond donors (Lipinski definition) is 4. The van der Waals surface area contributed by atoms with Crippen LogP contribution < -0.4 is 16.2 Å². The molecule has 0 saturated heterocycles. The first kappa shape index (κ1) is 16.6. The SMILES string of the molecule is O=C(NCCc1cn2ccccc2n1)NNC(=O)c1c[nH]c2ccccc12. The maximum absolute atomic E-state index is 12.2. The van der Waals surface area contributed by atoms with Gasteiger partial charge in [0.25, 0.3) is 5.91 Å². The molecule has 0 spiro atoms. The van der Waals surface area contributed by atoms with Crippen molar-refractivity contribution in [1.29, 1.82) is 0 Å². The molecule has 3 amide bonds. The molecular weight excluding hydrogens is 344 g/mol. The number of aromatic nitrogens is 3. The van der Waals surface area contributed by atoms with Gasteiger partial charge in [0, 0.05) is 42.5 Å². The molecule has 27 heavy (non-hydrogen) atoms. The zero-order valence-corrected chi connectivity index (χ0v) is 14.4. The molecule has 0 aliphatic heterocycles. The Balaban J connectivity index is 1.26. The average molecular weight is 362 g/mol. The van der Waals surface area contributed by atoms with Crippen LogP contribution >= 0.6 is 0 Å². The summed E-state index contributed by atoms with van der Waals surface area (Å²) < 4.78 is 1.93. The van der Waals surface area contributed by atoms with Crippen molar-refractivity contribution < 1.29 is 9.59 Å². The first-order valence-corrected chi connectivity index (χ1v) is 8.53. The number of pyridine rings is 1. The number of hydrazine groups is 1. The van der Waals surface area contributed by atoms with Gasteiger partial charge in [0.1, 0.15) is 5.65 Å². The highest BCUT2D eigenvalue weighted by Crippen LogP contribution is 2.17. The smallest absolute Gasteiger partial charge is 0.333 e. The molecule has 8 nitrogen and oxygen atoms in total. The van der Waals surface area contributed by atoms with Crippen molar-refractivity contribution in [3.8, 4) is 0 Å². The lowest BCUT2D eigenvalue weighted by Gasteiger charge is -2.08. The van der Waals surface area contributed by atoms with E-state index in [1.165, 1.54) is 0 Å². The number of aromatic amines is 1. The lowest BCUT2D eigenvalue weighted by molar-refractivity contribution is 0.0938. The molecule has 3 heterocycles. The minimum atomic E-state index is -0.480. The number of carbonyl (C=O) groups is 2. The van der Waals surface area contributed by atoms with Gasteiger partial charge in [-0.05, 0) is 18.2 Å². The van der Waals surface area contributed by atoms with Gasteiger partial charge >= 0.3 is 6.03 Å². The van der Waals surface area contributed by atoms with Crippen molar-refractivity contribution in [1.82, 2.24) is 30.5 Å². The van der Waals surface area contributed by atoms with E-state index >= 15 is 0 Å². The summed E-state index contributed by atoms with van der Waals surface area (Å²) in [5.74, 6) is -0.386. The summed E-state index contributed by atoms with van der Waals surface area (Å²) in [6.45, 7) is 0.401. The Bertz CT molecular complexity index is 1080. The van der Waals surface area contributed by atoms with Gasteiger partial charge in [0.15, 0.2) is 0 Å². The average Bonchev–Trinajstić information content (AvgIpc) is 3.29. The third-order valence-electron chi connectivity index (χ3n) is 4.20. The van der Waals surface area contributed by atoms with Gasteiger partial charge in [-0.3, -0.25) is 10.2 Å². The largest absolute Gasteiger partial charge is 0.360 e. The molecule has 0 saturated carbocycles. The number of carbonyl (C=O) groups excluding carboxylic acids is 2. The number of amides is 3. The van der Waals surface area contributed by atoms with Gasteiger partial charge in [-0.25, -0.2) is 15.2 Å². The van der Waals surface area contributed by atoms with E-state index in [4.69, 9.17) is 0 Å². The van der Waals surface area contributed by atoms with Crippen molar-refractivity contribution in [3.63, 3.8) is 0 Å². The molecule has 4 aromatic rings. The van der Waals surface area contributed by atoms with Gasteiger partial charge in [0.2, 0.25) is 0 Å². The summed E-state index contributed by atoms with van der Waals surface area (Å²) in [6.07, 6.45) is 6.05. The first-order chi connectivity index (χ1) is 13.2. The van der Waals surface area contributed by atoms with Gasteiger partial charge in [-0.2, -0.15) is 0 Å². The lowest BCUT2D eigenvalue weighted by Crippen LogP contribution is -2.47. The zero-order valence-electron chi connectivity index (χ0n) is 14.4. The summed E-state index contributed by atoms with van der Waals surface area (Å²) >= 11 is 0. The van der Waals surface area contributed by atoms with Crippen LogP contribution in [0.15, 0.2) is 61.1 Å². The Morgan fingerprint density at radius 3 is 2.81 bits per heavy atom. The monoisotopic (exact) mass is 362 g/mol. The maximum Gasteiger partial charge on any atom is 0.333 e. The van der Waals surface area contributed by atoms with Crippen LogP contribution in [0.3, 0.4) is 0 Å². The molecule has 0 bridgehead atoms. The number of nitrogens with zero attached hydrogens (tertiary/aromatic N) is 2. The highest BCUT2D eigenvalue weighted by molar-refractivity contribution is 6.07. The van der Waals surface area contributed by atoms with Crippen LogP contribution in [0.2, 0.25) is 0 Å². The van der Waals surface area contributed by atoms with Crippen molar-refractivity contribution >= 4 is 28.5 Å². The fourth-order valence-electron chi connectivity index (χ4n) is 2.90. The number of H-pyrrole nitrogens is 1. The molecule has 4 rings (SSSR count). The standard InChI is InChI=1S/C19H18N6O2/c26-18(15-11-21-16-6-2-1-5-14(15)16)23-24-19(27)20-9-8-13-12-25-10-4-3-7-17(25)22-13/h1-7,10-12,21H,8-9H2,(H,23,26)(H2,20,24,27). The highest BCUT2D eigenvalue weighted by Gasteiger charge is 2.12. The Morgan fingerprint density at radius 2 is 1.93 bits per heavy atom. The molecule has 1 aromatic carbocycles. The molecule has 0 unspecified atom stereocenters. The van der Waals surface area contributed by atoms with E-state index in [0.29, 0.717) is 18.5 Å². The maximum atomic E-state index is 12.2. The van der Waals surface area contributed by atoms with E-state index in [2.05, 4.69) is 26.1 Å². The number of fused-ring (bicyclic) bond motifs is 2. The van der Waals surface area contributed by atoms with Crippen LogP contribution in [0, 0.1) is 0 Å². The lowest BCUT2D eigenvalue weighted by atomic mass is 10.2. The van der Waals surface area contributed by atoms with Crippen LogP contribution in [0.25, 0.3) is 16.6 Å². The molecular formula is C19H18N6O2. The van der Waals surface area contributed by atoms with Gasteiger partial charge in [-0.15, -0.1) is 0 Å². The number of benzene rings is 1. The number of urea groups is 1. The third-order valence-corrected chi connectivity index (χ3v) is 4.20. The van der Waals surface area contributed by atoms with Crippen molar-refractivity contribution in [2.75, 3.05) is 6.54 Å². The Labute approximate surface area is 154 Å². The predicted molar refractivity (Wildman–Crippen MR) is 101 cm³/mol. The van der Waals surface area contributed by atoms with Crippen LogP contribution in [0.4, 0.5) is 4.79 Å². The predicted octanol–water partition coefficient (Wildman–Crippen LogP) is 2.00. The summed E-state index contributed by atoms with van der Waals surface area (Å²) in [4.78, 5) is 31.6.